The van der Waals surface area contributed by atoms with Gasteiger partial charge in [0.25, 0.3) is 0 Å². The molecule has 22 heavy (non-hydrogen) atoms. The van der Waals surface area contributed by atoms with Crippen molar-refractivity contribution in [2.24, 2.45) is 0 Å². The first-order chi connectivity index (χ1) is 10.7. The number of benzene rings is 3. The van der Waals surface area contributed by atoms with E-state index in [9.17, 15) is 9.18 Å². The van der Waals surface area contributed by atoms with Crippen LogP contribution in [0.15, 0.2) is 57.7 Å². The molecule has 0 amide bonds. The summed E-state index contributed by atoms with van der Waals surface area (Å²) in [6, 6.07) is 13.1. The Morgan fingerprint density at radius 2 is 1.77 bits per heavy atom. The molecule has 0 aliphatic heterocycles. The van der Waals surface area contributed by atoms with E-state index in [1.807, 2.05) is 0 Å². The van der Waals surface area contributed by atoms with Gasteiger partial charge >= 0.3 is 0 Å². The second-order valence-corrected chi connectivity index (χ2v) is 5.10. The lowest BCUT2D eigenvalue weighted by Crippen LogP contribution is -2.02. The third-order valence-electron chi connectivity index (χ3n) is 3.82. The minimum absolute atomic E-state index is 0.194. The van der Waals surface area contributed by atoms with Gasteiger partial charge < -0.3 is 9.15 Å². The number of methoxy groups -OCH3 is 1. The predicted octanol–water partition coefficient (Wildman–Crippen LogP) is 4.25. The Morgan fingerprint density at radius 3 is 2.59 bits per heavy atom. The van der Waals surface area contributed by atoms with Crippen molar-refractivity contribution < 1.29 is 13.5 Å². The number of rotatable bonds is 1. The van der Waals surface area contributed by atoms with E-state index in [4.69, 9.17) is 9.15 Å². The van der Waals surface area contributed by atoms with E-state index in [1.54, 1.807) is 42.5 Å². The quantitative estimate of drug-likeness (QED) is 0.493. The fourth-order valence-electron chi connectivity index (χ4n) is 2.69. The Balaban J connectivity index is 2.20. The first-order valence-electron chi connectivity index (χ1n) is 6.80. The Morgan fingerprint density at radius 1 is 0.955 bits per heavy atom. The summed E-state index contributed by atoms with van der Waals surface area (Å²) >= 11 is 0. The zero-order chi connectivity index (χ0) is 15.3. The number of hydrogen-bond donors (Lipinski definition) is 0. The maximum absolute atomic E-state index is 13.9. The lowest BCUT2D eigenvalue weighted by molar-refractivity contribution is 0.415. The maximum Gasteiger partial charge on any atom is 0.200 e. The Hall–Kier alpha value is -2.88. The molecule has 0 fully saturated rings. The first kappa shape index (κ1) is 12.8. The van der Waals surface area contributed by atoms with Crippen molar-refractivity contribution in [3.63, 3.8) is 0 Å². The van der Waals surface area contributed by atoms with E-state index < -0.39 is 0 Å². The van der Waals surface area contributed by atoms with Gasteiger partial charge in [0.2, 0.25) is 5.43 Å². The molecule has 4 aromatic rings. The largest absolute Gasteiger partial charge is 0.497 e. The standard InChI is InChI=1S/C18H11FO3/c1-21-11-5-6-16-13(8-11)18(20)14-9-12-10(7-17(14)22-16)3-2-4-15(12)19/h2-9H,1H3. The number of halogens is 1. The van der Waals surface area contributed by atoms with Crippen LogP contribution in [0.3, 0.4) is 0 Å². The van der Waals surface area contributed by atoms with Crippen LogP contribution >= 0.6 is 0 Å². The minimum Gasteiger partial charge on any atom is -0.497 e. The molecule has 0 N–H and O–H groups in total. The van der Waals surface area contributed by atoms with Crippen LogP contribution in [-0.4, -0.2) is 7.11 Å². The monoisotopic (exact) mass is 294 g/mol. The summed E-state index contributed by atoms with van der Waals surface area (Å²) in [5, 5.41) is 1.88. The van der Waals surface area contributed by atoms with E-state index in [2.05, 4.69) is 0 Å². The molecule has 0 aliphatic rings. The molecule has 0 unspecified atom stereocenters. The van der Waals surface area contributed by atoms with E-state index in [1.165, 1.54) is 13.2 Å². The molecule has 0 aliphatic carbocycles. The third-order valence-corrected chi connectivity index (χ3v) is 3.82. The van der Waals surface area contributed by atoms with Crippen molar-refractivity contribution >= 4 is 32.7 Å². The number of hydrogen-bond acceptors (Lipinski definition) is 3. The highest BCUT2D eigenvalue weighted by molar-refractivity contribution is 5.99. The molecule has 4 heteroatoms. The van der Waals surface area contributed by atoms with E-state index in [0.717, 1.165) is 0 Å². The minimum atomic E-state index is -0.357. The summed E-state index contributed by atoms with van der Waals surface area (Å²) in [6.45, 7) is 0. The van der Waals surface area contributed by atoms with Crippen molar-refractivity contribution in [3.8, 4) is 5.75 Å². The average Bonchev–Trinajstić information content (AvgIpc) is 2.54. The van der Waals surface area contributed by atoms with Crippen molar-refractivity contribution in [1.82, 2.24) is 0 Å². The molecule has 0 spiro atoms. The van der Waals surface area contributed by atoms with Gasteiger partial charge in [0, 0.05) is 5.39 Å². The highest BCUT2D eigenvalue weighted by Gasteiger charge is 2.11. The van der Waals surface area contributed by atoms with Gasteiger partial charge in [-0.1, -0.05) is 12.1 Å². The summed E-state index contributed by atoms with van der Waals surface area (Å²) in [4.78, 5) is 12.7. The van der Waals surface area contributed by atoms with Crippen molar-refractivity contribution in [2.75, 3.05) is 7.11 Å². The molecule has 1 aromatic heterocycles. The van der Waals surface area contributed by atoms with Gasteiger partial charge in [-0.3, -0.25) is 4.79 Å². The van der Waals surface area contributed by atoms with Crippen LogP contribution in [0.1, 0.15) is 0 Å². The summed E-state index contributed by atoms with van der Waals surface area (Å²) < 4.78 is 24.9. The van der Waals surface area contributed by atoms with Crippen LogP contribution in [0.4, 0.5) is 4.39 Å². The van der Waals surface area contributed by atoms with Gasteiger partial charge in [0.05, 0.1) is 17.9 Å². The van der Waals surface area contributed by atoms with Gasteiger partial charge in [0.15, 0.2) is 0 Å². The number of ether oxygens (including phenoxy) is 1. The Kier molecular flexibility index (Phi) is 2.66. The first-order valence-corrected chi connectivity index (χ1v) is 6.80. The zero-order valence-electron chi connectivity index (χ0n) is 11.7. The van der Waals surface area contributed by atoms with Crippen LogP contribution in [0.2, 0.25) is 0 Å². The van der Waals surface area contributed by atoms with Crippen LogP contribution < -0.4 is 10.2 Å². The summed E-state index contributed by atoms with van der Waals surface area (Å²) in [6.07, 6.45) is 0. The maximum atomic E-state index is 13.9. The van der Waals surface area contributed by atoms with Crippen LogP contribution in [0, 0.1) is 5.82 Å². The van der Waals surface area contributed by atoms with Gasteiger partial charge in [-0.25, -0.2) is 4.39 Å². The predicted molar refractivity (Wildman–Crippen MR) is 84.0 cm³/mol. The second-order valence-electron chi connectivity index (χ2n) is 5.10. The third kappa shape index (κ3) is 1.77. The molecular formula is C18H11FO3. The molecule has 0 atom stereocenters. The smallest absolute Gasteiger partial charge is 0.200 e. The van der Waals surface area contributed by atoms with E-state index in [0.29, 0.717) is 38.5 Å². The molecule has 1 heterocycles. The number of fused-ring (bicyclic) bond motifs is 3. The molecule has 0 saturated heterocycles. The fourth-order valence-corrected chi connectivity index (χ4v) is 2.69. The van der Waals surface area contributed by atoms with Gasteiger partial charge in [-0.2, -0.15) is 0 Å². The lowest BCUT2D eigenvalue weighted by Gasteiger charge is -2.06. The highest BCUT2D eigenvalue weighted by Crippen LogP contribution is 2.27. The van der Waals surface area contributed by atoms with Crippen LogP contribution in [0.5, 0.6) is 5.75 Å². The van der Waals surface area contributed by atoms with Crippen LogP contribution in [-0.2, 0) is 0 Å². The molecule has 3 aromatic carbocycles. The van der Waals surface area contributed by atoms with Gasteiger partial charge in [0.1, 0.15) is 22.7 Å². The van der Waals surface area contributed by atoms with Crippen molar-refractivity contribution in [2.45, 2.75) is 0 Å². The summed E-state index contributed by atoms with van der Waals surface area (Å²) in [5.41, 5.74) is 0.732. The fraction of sp³-hybridized carbons (Fsp3) is 0.0556. The SMILES string of the molecule is COc1ccc2oc3cc4cccc(F)c4cc3c(=O)c2c1. The van der Waals surface area contributed by atoms with Crippen molar-refractivity contribution in [3.05, 3.63) is 64.6 Å². The second kappa shape index (κ2) is 4.56. The van der Waals surface area contributed by atoms with E-state index >= 15 is 0 Å². The Bertz CT molecular complexity index is 1100. The average molecular weight is 294 g/mol. The zero-order valence-corrected chi connectivity index (χ0v) is 11.7. The highest BCUT2D eigenvalue weighted by atomic mass is 19.1. The Labute approximate surface area is 124 Å². The summed E-state index contributed by atoms with van der Waals surface area (Å²) in [7, 11) is 1.53. The molecule has 0 saturated carbocycles. The van der Waals surface area contributed by atoms with E-state index in [-0.39, 0.29) is 11.2 Å². The van der Waals surface area contributed by atoms with Crippen molar-refractivity contribution in [1.29, 1.82) is 0 Å². The molecule has 0 radical (unpaired) electrons. The van der Waals surface area contributed by atoms with Gasteiger partial charge in [-0.15, -0.1) is 0 Å². The van der Waals surface area contributed by atoms with Gasteiger partial charge in [-0.05, 0) is 41.8 Å². The molecule has 3 nitrogen and oxygen atoms in total. The molecule has 4 rings (SSSR count). The molecular weight excluding hydrogens is 283 g/mol. The molecule has 0 bridgehead atoms. The lowest BCUT2D eigenvalue weighted by atomic mass is 10.1. The normalized spacial score (nSPS) is 11.4. The van der Waals surface area contributed by atoms with Crippen LogP contribution in [0.25, 0.3) is 32.7 Å². The summed E-state index contributed by atoms with van der Waals surface area (Å²) in [5.74, 6) is 0.218. The topological polar surface area (TPSA) is 39.4 Å². The molecule has 108 valence electrons.